The van der Waals surface area contributed by atoms with Gasteiger partial charge in [0.05, 0.1) is 6.61 Å². The van der Waals surface area contributed by atoms with Crippen molar-refractivity contribution in [3.05, 3.63) is 35.4 Å². The Morgan fingerprint density at radius 2 is 1.83 bits per heavy atom. The number of ether oxygens (including phenoxy) is 1. The fraction of sp³-hybridized carbons (Fsp3) is 0.533. The second kappa shape index (κ2) is 6.24. The van der Waals surface area contributed by atoms with Crippen LogP contribution in [0.2, 0.25) is 0 Å². The molecule has 0 saturated carbocycles. The van der Waals surface area contributed by atoms with E-state index in [9.17, 15) is 4.79 Å². The van der Waals surface area contributed by atoms with Gasteiger partial charge in [0.2, 0.25) is 0 Å². The summed E-state index contributed by atoms with van der Waals surface area (Å²) in [7, 11) is 0. The molecule has 0 aromatic heterocycles. The van der Waals surface area contributed by atoms with Crippen molar-refractivity contribution in [2.75, 3.05) is 6.61 Å². The third-order valence-corrected chi connectivity index (χ3v) is 3.11. The van der Waals surface area contributed by atoms with Gasteiger partial charge in [-0.25, -0.2) is 0 Å². The van der Waals surface area contributed by atoms with E-state index >= 15 is 0 Å². The molecule has 0 aliphatic heterocycles. The van der Waals surface area contributed by atoms with Crippen LogP contribution >= 0.6 is 11.6 Å². The van der Waals surface area contributed by atoms with Gasteiger partial charge in [0.25, 0.3) is 0 Å². The predicted molar refractivity (Wildman–Crippen MR) is 75.1 cm³/mol. The number of hydrogen-bond acceptors (Lipinski definition) is 2. The lowest BCUT2D eigenvalue weighted by Gasteiger charge is -2.19. The molecular weight excluding hydrogens is 248 g/mol. The van der Waals surface area contributed by atoms with Crippen molar-refractivity contribution in [3.8, 4) is 0 Å². The van der Waals surface area contributed by atoms with E-state index in [1.54, 1.807) is 6.92 Å². The minimum Gasteiger partial charge on any atom is -0.465 e. The lowest BCUT2D eigenvalue weighted by atomic mass is 9.86. The molecule has 0 spiro atoms. The van der Waals surface area contributed by atoms with E-state index in [1.807, 2.05) is 12.1 Å². The molecule has 0 bridgehead atoms. The second-order valence-electron chi connectivity index (χ2n) is 5.37. The molecule has 18 heavy (non-hydrogen) atoms. The quantitative estimate of drug-likeness (QED) is 0.615. The van der Waals surface area contributed by atoms with Gasteiger partial charge in [0, 0.05) is 0 Å². The summed E-state index contributed by atoms with van der Waals surface area (Å²) in [6, 6.07) is 8.22. The molecule has 0 aliphatic carbocycles. The van der Waals surface area contributed by atoms with Gasteiger partial charge in [-0.15, -0.1) is 11.6 Å². The molecular formula is C15H21ClO2. The van der Waals surface area contributed by atoms with Crippen LogP contribution < -0.4 is 0 Å². The normalized spacial score (nSPS) is 13.2. The van der Waals surface area contributed by atoms with E-state index < -0.39 is 5.38 Å². The summed E-state index contributed by atoms with van der Waals surface area (Å²) in [5, 5.41) is -0.606. The zero-order chi connectivity index (χ0) is 13.8. The van der Waals surface area contributed by atoms with E-state index in [0.29, 0.717) is 13.0 Å². The summed E-state index contributed by atoms with van der Waals surface area (Å²) < 4.78 is 4.88. The van der Waals surface area contributed by atoms with Crippen molar-refractivity contribution >= 4 is 17.6 Å². The SMILES string of the molecule is CCOC(=O)C(Cl)Cc1ccc(C(C)(C)C)cc1. The van der Waals surface area contributed by atoms with Crippen LogP contribution in [0.15, 0.2) is 24.3 Å². The Bertz CT molecular complexity index is 390. The molecule has 1 rings (SSSR count). The molecule has 0 saturated heterocycles. The van der Waals surface area contributed by atoms with E-state index in [1.165, 1.54) is 5.56 Å². The van der Waals surface area contributed by atoms with E-state index in [0.717, 1.165) is 5.56 Å². The summed E-state index contributed by atoms with van der Waals surface area (Å²) in [6.07, 6.45) is 0.505. The zero-order valence-corrected chi connectivity index (χ0v) is 12.3. The van der Waals surface area contributed by atoms with Gasteiger partial charge < -0.3 is 4.74 Å². The minimum absolute atomic E-state index is 0.139. The Kier molecular flexibility index (Phi) is 5.21. The number of carbonyl (C=O) groups is 1. The van der Waals surface area contributed by atoms with Crippen molar-refractivity contribution in [1.82, 2.24) is 0 Å². The van der Waals surface area contributed by atoms with Crippen molar-refractivity contribution in [1.29, 1.82) is 0 Å². The predicted octanol–water partition coefficient (Wildman–Crippen LogP) is 3.70. The first-order valence-corrected chi connectivity index (χ1v) is 6.68. The molecule has 0 fully saturated rings. The molecule has 0 heterocycles. The highest BCUT2D eigenvalue weighted by atomic mass is 35.5. The molecule has 0 aliphatic rings. The maximum absolute atomic E-state index is 11.4. The molecule has 2 nitrogen and oxygen atoms in total. The van der Waals surface area contributed by atoms with Gasteiger partial charge in [0.1, 0.15) is 5.38 Å². The third-order valence-electron chi connectivity index (χ3n) is 2.78. The molecule has 0 amide bonds. The van der Waals surface area contributed by atoms with Crippen molar-refractivity contribution in [2.24, 2.45) is 0 Å². The molecule has 1 aromatic carbocycles. The lowest BCUT2D eigenvalue weighted by Crippen LogP contribution is -2.20. The van der Waals surface area contributed by atoms with Crippen LogP contribution in [-0.2, 0) is 21.4 Å². The third kappa shape index (κ3) is 4.34. The molecule has 100 valence electrons. The van der Waals surface area contributed by atoms with Crippen LogP contribution in [0.4, 0.5) is 0 Å². The first-order valence-electron chi connectivity index (χ1n) is 6.24. The Hall–Kier alpha value is -1.02. The maximum Gasteiger partial charge on any atom is 0.324 e. The summed E-state index contributed by atoms with van der Waals surface area (Å²) >= 11 is 6.00. The fourth-order valence-electron chi connectivity index (χ4n) is 1.66. The Balaban J connectivity index is 2.67. The zero-order valence-electron chi connectivity index (χ0n) is 11.5. The Morgan fingerprint density at radius 1 is 1.28 bits per heavy atom. The van der Waals surface area contributed by atoms with E-state index in [4.69, 9.17) is 16.3 Å². The van der Waals surface area contributed by atoms with Crippen LogP contribution in [0, 0.1) is 0 Å². The standard InChI is InChI=1S/C15H21ClO2/c1-5-18-14(17)13(16)10-11-6-8-12(9-7-11)15(2,3)4/h6-9,13H,5,10H2,1-4H3. The number of esters is 1. The van der Waals surface area contributed by atoms with Crippen LogP contribution in [-0.4, -0.2) is 18.0 Å². The van der Waals surface area contributed by atoms with Gasteiger partial charge in [-0.2, -0.15) is 0 Å². The summed E-state index contributed by atoms with van der Waals surface area (Å²) in [5.74, 6) is -0.348. The van der Waals surface area contributed by atoms with Crippen molar-refractivity contribution < 1.29 is 9.53 Å². The largest absolute Gasteiger partial charge is 0.465 e. The van der Waals surface area contributed by atoms with Gasteiger partial charge in [-0.3, -0.25) is 4.79 Å². The smallest absolute Gasteiger partial charge is 0.324 e. The number of carbonyl (C=O) groups excluding carboxylic acids is 1. The summed E-state index contributed by atoms with van der Waals surface area (Å²) in [5.41, 5.74) is 2.46. The van der Waals surface area contributed by atoms with E-state index in [2.05, 4.69) is 32.9 Å². The average molecular weight is 269 g/mol. The first-order chi connectivity index (χ1) is 8.34. The number of alkyl halides is 1. The lowest BCUT2D eigenvalue weighted by molar-refractivity contribution is -0.142. The Morgan fingerprint density at radius 3 is 2.28 bits per heavy atom. The molecule has 0 N–H and O–H groups in total. The minimum atomic E-state index is -0.606. The Labute approximate surface area is 114 Å². The maximum atomic E-state index is 11.4. The van der Waals surface area contributed by atoms with Gasteiger partial charge in [-0.05, 0) is 29.9 Å². The van der Waals surface area contributed by atoms with Crippen LogP contribution in [0.25, 0.3) is 0 Å². The van der Waals surface area contributed by atoms with Gasteiger partial charge in [-0.1, -0.05) is 45.0 Å². The molecule has 0 radical (unpaired) electrons. The summed E-state index contributed by atoms with van der Waals surface area (Å²) in [6.45, 7) is 8.66. The van der Waals surface area contributed by atoms with Gasteiger partial charge >= 0.3 is 5.97 Å². The molecule has 1 aromatic rings. The highest BCUT2D eigenvalue weighted by Gasteiger charge is 2.18. The molecule has 1 atom stereocenters. The number of halogens is 1. The van der Waals surface area contributed by atoms with Gasteiger partial charge in [0.15, 0.2) is 0 Å². The summed E-state index contributed by atoms with van der Waals surface area (Å²) in [4.78, 5) is 11.4. The van der Waals surface area contributed by atoms with Crippen LogP contribution in [0.1, 0.15) is 38.8 Å². The highest BCUT2D eigenvalue weighted by molar-refractivity contribution is 6.30. The van der Waals surface area contributed by atoms with Crippen molar-refractivity contribution in [3.63, 3.8) is 0 Å². The number of benzene rings is 1. The number of rotatable bonds is 4. The number of hydrogen-bond donors (Lipinski definition) is 0. The van der Waals surface area contributed by atoms with Crippen molar-refractivity contribution in [2.45, 2.75) is 44.9 Å². The fourth-order valence-corrected chi connectivity index (χ4v) is 1.90. The first kappa shape index (κ1) is 15.0. The average Bonchev–Trinajstić information content (AvgIpc) is 2.28. The highest BCUT2D eigenvalue weighted by Crippen LogP contribution is 2.22. The molecule has 1 unspecified atom stereocenters. The van der Waals surface area contributed by atoms with Crippen LogP contribution in [0.3, 0.4) is 0 Å². The monoisotopic (exact) mass is 268 g/mol. The van der Waals surface area contributed by atoms with Crippen LogP contribution in [0.5, 0.6) is 0 Å². The van der Waals surface area contributed by atoms with E-state index in [-0.39, 0.29) is 11.4 Å². The topological polar surface area (TPSA) is 26.3 Å². The second-order valence-corrected chi connectivity index (χ2v) is 5.90. The molecule has 3 heteroatoms.